The molecule has 1 aromatic heterocycles. The molecule has 1 unspecified atom stereocenters. The molecule has 0 saturated heterocycles. The van der Waals surface area contributed by atoms with E-state index in [2.05, 4.69) is 32.2 Å². The Morgan fingerprint density at radius 1 is 0.600 bits per heavy atom. The zero-order valence-electron chi connectivity index (χ0n) is 21.0. The van der Waals surface area contributed by atoms with Crippen LogP contribution in [-0.4, -0.2) is 0 Å². The van der Waals surface area contributed by atoms with E-state index in [1.54, 1.807) is 5.56 Å². The lowest BCUT2D eigenvalue weighted by atomic mass is 9.89. The zero-order chi connectivity index (χ0) is 21.7. The summed E-state index contributed by atoms with van der Waals surface area (Å²) in [6.07, 6.45) is 30.3. The van der Waals surface area contributed by atoms with Crippen molar-refractivity contribution in [2.24, 2.45) is 5.92 Å². The first-order valence-corrected chi connectivity index (χ1v) is 14.7. The smallest absolute Gasteiger partial charge is 0.00170 e. The minimum Gasteiger partial charge on any atom is -0.149 e. The van der Waals surface area contributed by atoms with Gasteiger partial charge in [-0.1, -0.05) is 142 Å². The molecule has 1 heterocycles. The van der Waals surface area contributed by atoms with Crippen LogP contribution in [0, 0.1) is 12.8 Å². The number of hydrogen-bond donors (Lipinski definition) is 0. The molecular formula is C29H54S. The Bertz CT molecular complexity index is 461. The van der Waals surface area contributed by atoms with E-state index in [0.29, 0.717) is 0 Å². The summed E-state index contributed by atoms with van der Waals surface area (Å²) in [4.78, 5) is 1.48. The molecule has 30 heavy (non-hydrogen) atoms. The third-order valence-corrected chi connectivity index (χ3v) is 7.65. The Kier molecular flexibility index (Phi) is 19.0. The second-order valence-corrected chi connectivity index (χ2v) is 11.0. The predicted octanol–water partition coefficient (Wildman–Crippen LogP) is 11.1. The molecule has 0 radical (unpaired) electrons. The highest BCUT2D eigenvalue weighted by Gasteiger charge is 2.11. The molecule has 0 bridgehead atoms. The molecule has 0 amide bonds. The van der Waals surface area contributed by atoms with Gasteiger partial charge in [-0.2, -0.15) is 0 Å². The lowest BCUT2D eigenvalue weighted by Crippen LogP contribution is -2.05. The molecule has 176 valence electrons. The monoisotopic (exact) mass is 434 g/mol. The van der Waals surface area contributed by atoms with Crippen molar-refractivity contribution in [1.82, 2.24) is 0 Å². The minimum atomic E-state index is 0.924. The second kappa shape index (κ2) is 20.6. The highest BCUT2D eigenvalue weighted by molar-refractivity contribution is 7.10. The SMILES string of the molecule is CCCCCCCCCCCCC(CCCCCCCCCC)Cc1csc(C)c1. The molecular weight excluding hydrogens is 380 g/mol. The Morgan fingerprint density at radius 3 is 1.37 bits per heavy atom. The van der Waals surface area contributed by atoms with Crippen LogP contribution >= 0.6 is 11.3 Å². The summed E-state index contributed by atoms with van der Waals surface area (Å²) in [6, 6.07) is 2.43. The van der Waals surface area contributed by atoms with Crippen molar-refractivity contribution in [3.8, 4) is 0 Å². The van der Waals surface area contributed by atoms with Crippen molar-refractivity contribution in [2.75, 3.05) is 0 Å². The molecule has 0 aliphatic rings. The van der Waals surface area contributed by atoms with Gasteiger partial charge in [0.2, 0.25) is 0 Å². The summed E-state index contributed by atoms with van der Waals surface area (Å²) in [5, 5.41) is 2.41. The number of aryl methyl sites for hydroxylation is 1. The molecule has 1 atom stereocenters. The average molecular weight is 435 g/mol. The minimum absolute atomic E-state index is 0.924. The Hall–Kier alpha value is -0.300. The zero-order valence-corrected chi connectivity index (χ0v) is 21.8. The van der Waals surface area contributed by atoms with E-state index in [-0.39, 0.29) is 0 Å². The summed E-state index contributed by atoms with van der Waals surface area (Å²) < 4.78 is 0. The summed E-state index contributed by atoms with van der Waals surface area (Å²) in [7, 11) is 0. The standard InChI is InChI=1S/C29H54S/c1-4-6-8-10-12-14-15-17-19-21-23-28(25-29-24-27(3)30-26-29)22-20-18-16-13-11-9-7-5-2/h24,26,28H,4-23,25H2,1-3H3. The van der Waals surface area contributed by atoms with Gasteiger partial charge in [-0.3, -0.25) is 0 Å². The van der Waals surface area contributed by atoms with Gasteiger partial charge >= 0.3 is 0 Å². The fourth-order valence-electron chi connectivity index (χ4n) is 4.77. The molecule has 0 aliphatic heterocycles. The molecule has 0 aromatic carbocycles. The van der Waals surface area contributed by atoms with Crippen LogP contribution in [0.1, 0.15) is 153 Å². The van der Waals surface area contributed by atoms with Crippen molar-refractivity contribution >= 4 is 11.3 Å². The molecule has 0 nitrogen and oxygen atoms in total. The first-order chi connectivity index (χ1) is 14.8. The second-order valence-electron chi connectivity index (χ2n) is 9.87. The number of hydrogen-bond acceptors (Lipinski definition) is 1. The van der Waals surface area contributed by atoms with Gasteiger partial charge in [0.05, 0.1) is 0 Å². The molecule has 0 spiro atoms. The Labute approximate surface area is 194 Å². The van der Waals surface area contributed by atoms with Gasteiger partial charge in [-0.25, -0.2) is 0 Å². The first kappa shape index (κ1) is 27.7. The molecule has 0 aliphatic carbocycles. The third kappa shape index (κ3) is 16.4. The van der Waals surface area contributed by atoms with E-state index in [0.717, 1.165) is 5.92 Å². The molecule has 0 fully saturated rings. The number of rotatable bonds is 22. The van der Waals surface area contributed by atoms with Crippen LogP contribution in [0.2, 0.25) is 0 Å². The summed E-state index contributed by atoms with van der Waals surface area (Å²) in [5.41, 5.74) is 1.61. The summed E-state index contributed by atoms with van der Waals surface area (Å²) >= 11 is 1.93. The van der Waals surface area contributed by atoms with E-state index >= 15 is 0 Å². The third-order valence-electron chi connectivity index (χ3n) is 6.74. The van der Waals surface area contributed by atoms with Crippen LogP contribution in [0.4, 0.5) is 0 Å². The maximum absolute atomic E-state index is 2.43. The maximum Gasteiger partial charge on any atom is 0.00170 e. The van der Waals surface area contributed by atoms with E-state index in [1.807, 2.05) is 11.3 Å². The van der Waals surface area contributed by atoms with Gasteiger partial charge in [-0.15, -0.1) is 11.3 Å². The summed E-state index contributed by atoms with van der Waals surface area (Å²) in [5.74, 6) is 0.924. The van der Waals surface area contributed by atoms with Crippen LogP contribution in [-0.2, 0) is 6.42 Å². The van der Waals surface area contributed by atoms with E-state index < -0.39 is 0 Å². The van der Waals surface area contributed by atoms with Crippen molar-refractivity contribution in [1.29, 1.82) is 0 Å². The lowest BCUT2D eigenvalue weighted by Gasteiger charge is -2.16. The quantitative estimate of drug-likeness (QED) is 0.159. The van der Waals surface area contributed by atoms with Gasteiger partial charge in [0.15, 0.2) is 0 Å². The van der Waals surface area contributed by atoms with Crippen molar-refractivity contribution < 1.29 is 0 Å². The van der Waals surface area contributed by atoms with Gasteiger partial charge in [0, 0.05) is 4.88 Å². The van der Waals surface area contributed by atoms with Crippen LogP contribution in [0.3, 0.4) is 0 Å². The van der Waals surface area contributed by atoms with Gasteiger partial charge in [0.25, 0.3) is 0 Å². The largest absolute Gasteiger partial charge is 0.149 e. The molecule has 1 rings (SSSR count). The number of thiophene rings is 1. The van der Waals surface area contributed by atoms with Crippen molar-refractivity contribution in [3.05, 3.63) is 21.9 Å². The fourth-order valence-corrected chi connectivity index (χ4v) is 5.49. The maximum atomic E-state index is 2.43. The van der Waals surface area contributed by atoms with E-state index in [9.17, 15) is 0 Å². The Balaban J connectivity index is 2.13. The molecule has 0 N–H and O–H groups in total. The van der Waals surface area contributed by atoms with Crippen LogP contribution in [0.5, 0.6) is 0 Å². The van der Waals surface area contributed by atoms with Gasteiger partial charge in [0.1, 0.15) is 0 Å². The lowest BCUT2D eigenvalue weighted by molar-refractivity contribution is 0.400. The average Bonchev–Trinajstić information content (AvgIpc) is 3.15. The first-order valence-electron chi connectivity index (χ1n) is 13.8. The van der Waals surface area contributed by atoms with Gasteiger partial charge in [-0.05, 0) is 36.3 Å². The summed E-state index contributed by atoms with van der Waals surface area (Å²) in [6.45, 7) is 6.87. The van der Waals surface area contributed by atoms with Gasteiger partial charge < -0.3 is 0 Å². The Morgan fingerprint density at radius 2 is 1.00 bits per heavy atom. The topological polar surface area (TPSA) is 0 Å². The van der Waals surface area contributed by atoms with Crippen molar-refractivity contribution in [3.63, 3.8) is 0 Å². The van der Waals surface area contributed by atoms with E-state index in [1.165, 1.54) is 140 Å². The highest BCUT2D eigenvalue weighted by Crippen LogP contribution is 2.25. The van der Waals surface area contributed by atoms with Crippen molar-refractivity contribution in [2.45, 2.75) is 156 Å². The number of unbranched alkanes of at least 4 members (excludes halogenated alkanes) is 16. The van der Waals surface area contributed by atoms with E-state index in [4.69, 9.17) is 0 Å². The normalized spacial score (nSPS) is 12.5. The fraction of sp³-hybridized carbons (Fsp3) is 0.862. The molecule has 1 aromatic rings. The highest BCUT2D eigenvalue weighted by atomic mass is 32.1. The van der Waals surface area contributed by atoms with Crippen LogP contribution < -0.4 is 0 Å². The molecule has 0 saturated carbocycles. The molecule has 1 heteroatoms. The predicted molar refractivity (Wildman–Crippen MR) is 140 cm³/mol. The van der Waals surface area contributed by atoms with Crippen LogP contribution in [0.15, 0.2) is 11.4 Å². The van der Waals surface area contributed by atoms with Crippen LogP contribution in [0.25, 0.3) is 0 Å².